The minimum Gasteiger partial charge on any atom is -0.295 e. The first-order valence-corrected chi connectivity index (χ1v) is 5.99. The summed E-state index contributed by atoms with van der Waals surface area (Å²) in [7, 11) is 0. The molecule has 0 bridgehead atoms. The predicted octanol–water partition coefficient (Wildman–Crippen LogP) is 1.95. The Hall–Kier alpha value is -0.960. The van der Waals surface area contributed by atoms with Crippen LogP contribution < -0.4 is 0 Å². The summed E-state index contributed by atoms with van der Waals surface area (Å²) in [6.45, 7) is 2.50. The molecule has 15 heavy (non-hydrogen) atoms. The molecule has 1 atom stereocenters. The molecule has 3 nitrogen and oxygen atoms in total. The lowest BCUT2D eigenvalue weighted by Crippen LogP contribution is -2.29. The number of aromatic nitrogens is 2. The highest BCUT2D eigenvalue weighted by Crippen LogP contribution is 2.33. The minimum atomic E-state index is 0.560. The first kappa shape index (κ1) is 9.28. The molecule has 0 saturated carbocycles. The number of likely N-dealkylation sites (tertiary alicyclic amines) is 1. The zero-order valence-corrected chi connectivity index (χ0v) is 9.02. The highest BCUT2D eigenvalue weighted by Gasteiger charge is 2.29. The topological polar surface area (TPSA) is 29.0 Å². The van der Waals surface area contributed by atoms with E-state index in [1.807, 2.05) is 12.4 Å². The quantitative estimate of drug-likeness (QED) is 0.698. The molecule has 0 amide bonds. The SMILES string of the molecule is c1cnc2c(n1)CCCC2N1CCCC1. The highest BCUT2D eigenvalue weighted by atomic mass is 15.2. The summed E-state index contributed by atoms with van der Waals surface area (Å²) in [5, 5.41) is 0. The lowest BCUT2D eigenvalue weighted by Gasteiger charge is -2.31. The summed E-state index contributed by atoms with van der Waals surface area (Å²) in [4.78, 5) is 11.6. The van der Waals surface area contributed by atoms with E-state index in [1.54, 1.807) is 0 Å². The third kappa shape index (κ3) is 1.65. The van der Waals surface area contributed by atoms with Crippen molar-refractivity contribution in [2.75, 3.05) is 13.1 Å². The second-order valence-electron chi connectivity index (χ2n) is 4.54. The maximum Gasteiger partial charge on any atom is 0.0790 e. The van der Waals surface area contributed by atoms with Crippen LogP contribution in [0.15, 0.2) is 12.4 Å². The van der Waals surface area contributed by atoms with E-state index in [0.29, 0.717) is 6.04 Å². The Bertz CT molecular complexity index is 344. The largest absolute Gasteiger partial charge is 0.295 e. The number of hydrogen-bond acceptors (Lipinski definition) is 3. The van der Waals surface area contributed by atoms with Gasteiger partial charge in [0.15, 0.2) is 0 Å². The van der Waals surface area contributed by atoms with E-state index in [2.05, 4.69) is 14.9 Å². The Kier molecular flexibility index (Phi) is 2.41. The van der Waals surface area contributed by atoms with Crippen molar-refractivity contribution >= 4 is 0 Å². The standard InChI is InChI=1S/C12H17N3/c1-2-9-15(8-1)11-5-3-4-10-12(11)14-7-6-13-10/h6-7,11H,1-5,8-9H2. The van der Waals surface area contributed by atoms with Crippen molar-refractivity contribution in [3.8, 4) is 0 Å². The van der Waals surface area contributed by atoms with Gasteiger partial charge in [0.2, 0.25) is 0 Å². The maximum absolute atomic E-state index is 4.54. The van der Waals surface area contributed by atoms with Gasteiger partial charge in [0.05, 0.1) is 17.4 Å². The average molecular weight is 203 g/mol. The van der Waals surface area contributed by atoms with E-state index in [4.69, 9.17) is 0 Å². The Labute approximate surface area is 90.5 Å². The van der Waals surface area contributed by atoms with Gasteiger partial charge in [-0.25, -0.2) is 0 Å². The van der Waals surface area contributed by atoms with Gasteiger partial charge in [-0.15, -0.1) is 0 Å². The van der Waals surface area contributed by atoms with Crippen LogP contribution in [0.2, 0.25) is 0 Å². The molecule has 0 aromatic carbocycles. The number of aryl methyl sites for hydroxylation is 1. The molecule has 0 spiro atoms. The van der Waals surface area contributed by atoms with Crippen molar-refractivity contribution < 1.29 is 0 Å². The van der Waals surface area contributed by atoms with Gasteiger partial charge < -0.3 is 0 Å². The van der Waals surface area contributed by atoms with Gasteiger partial charge in [-0.2, -0.15) is 0 Å². The van der Waals surface area contributed by atoms with E-state index in [0.717, 1.165) is 6.42 Å². The van der Waals surface area contributed by atoms with Crippen molar-refractivity contribution in [1.82, 2.24) is 14.9 Å². The Balaban J connectivity index is 1.91. The average Bonchev–Trinajstić information content (AvgIpc) is 2.82. The van der Waals surface area contributed by atoms with Crippen LogP contribution in [-0.4, -0.2) is 28.0 Å². The first-order valence-electron chi connectivity index (χ1n) is 5.99. The zero-order chi connectivity index (χ0) is 10.1. The molecule has 1 fully saturated rings. The molecule has 1 aromatic heterocycles. The Morgan fingerprint density at radius 3 is 2.73 bits per heavy atom. The monoisotopic (exact) mass is 203 g/mol. The van der Waals surface area contributed by atoms with Crippen LogP contribution in [0.5, 0.6) is 0 Å². The molecule has 0 N–H and O–H groups in total. The second-order valence-corrected chi connectivity index (χ2v) is 4.54. The minimum absolute atomic E-state index is 0.560. The van der Waals surface area contributed by atoms with Gasteiger partial charge in [0.25, 0.3) is 0 Å². The van der Waals surface area contributed by atoms with Crippen LogP contribution in [0.4, 0.5) is 0 Å². The van der Waals surface area contributed by atoms with Crippen molar-refractivity contribution in [2.45, 2.75) is 38.1 Å². The lowest BCUT2D eigenvalue weighted by atomic mass is 9.94. The van der Waals surface area contributed by atoms with E-state index in [9.17, 15) is 0 Å². The van der Waals surface area contributed by atoms with Gasteiger partial charge in [0.1, 0.15) is 0 Å². The van der Waals surface area contributed by atoms with Crippen LogP contribution in [0.1, 0.15) is 43.1 Å². The molecule has 1 unspecified atom stereocenters. The number of nitrogens with zero attached hydrogens (tertiary/aromatic N) is 3. The van der Waals surface area contributed by atoms with E-state index < -0.39 is 0 Å². The van der Waals surface area contributed by atoms with E-state index in [-0.39, 0.29) is 0 Å². The molecule has 2 aliphatic rings. The van der Waals surface area contributed by atoms with Gasteiger partial charge in [-0.05, 0) is 45.2 Å². The number of rotatable bonds is 1. The fourth-order valence-corrected chi connectivity index (χ4v) is 2.86. The summed E-state index contributed by atoms with van der Waals surface area (Å²) in [6.07, 6.45) is 10.0. The molecule has 80 valence electrons. The molecule has 1 aliphatic carbocycles. The molecule has 0 radical (unpaired) electrons. The normalized spacial score (nSPS) is 26.5. The van der Waals surface area contributed by atoms with Crippen molar-refractivity contribution in [1.29, 1.82) is 0 Å². The van der Waals surface area contributed by atoms with Crippen LogP contribution in [0.25, 0.3) is 0 Å². The smallest absolute Gasteiger partial charge is 0.0790 e. The van der Waals surface area contributed by atoms with E-state index >= 15 is 0 Å². The summed E-state index contributed by atoms with van der Waals surface area (Å²) in [5.74, 6) is 0. The lowest BCUT2D eigenvalue weighted by molar-refractivity contribution is 0.215. The van der Waals surface area contributed by atoms with Gasteiger partial charge >= 0.3 is 0 Å². The second kappa shape index (κ2) is 3.89. The summed E-state index contributed by atoms with van der Waals surface area (Å²) < 4.78 is 0. The summed E-state index contributed by atoms with van der Waals surface area (Å²) >= 11 is 0. The van der Waals surface area contributed by atoms with Crippen LogP contribution in [-0.2, 0) is 6.42 Å². The summed E-state index contributed by atoms with van der Waals surface area (Å²) in [5.41, 5.74) is 2.49. The third-order valence-corrected chi connectivity index (χ3v) is 3.59. The number of hydrogen-bond donors (Lipinski definition) is 0. The fraction of sp³-hybridized carbons (Fsp3) is 0.667. The Morgan fingerprint density at radius 2 is 1.87 bits per heavy atom. The zero-order valence-electron chi connectivity index (χ0n) is 9.02. The highest BCUT2D eigenvalue weighted by molar-refractivity contribution is 5.18. The van der Waals surface area contributed by atoms with Gasteiger partial charge in [-0.1, -0.05) is 0 Å². The Morgan fingerprint density at radius 1 is 1.07 bits per heavy atom. The molecule has 1 aliphatic heterocycles. The first-order chi connectivity index (χ1) is 7.45. The summed E-state index contributed by atoms with van der Waals surface area (Å²) in [6, 6.07) is 0.560. The van der Waals surface area contributed by atoms with Crippen molar-refractivity contribution in [2.24, 2.45) is 0 Å². The van der Waals surface area contributed by atoms with Crippen molar-refractivity contribution in [3.05, 3.63) is 23.8 Å². The molecule has 3 rings (SSSR count). The van der Waals surface area contributed by atoms with E-state index in [1.165, 1.54) is 50.2 Å². The fourth-order valence-electron chi connectivity index (χ4n) is 2.86. The van der Waals surface area contributed by atoms with Crippen LogP contribution in [0.3, 0.4) is 0 Å². The molecule has 2 heterocycles. The number of fused-ring (bicyclic) bond motifs is 1. The predicted molar refractivity (Wildman–Crippen MR) is 58.5 cm³/mol. The van der Waals surface area contributed by atoms with Crippen LogP contribution >= 0.6 is 0 Å². The molecule has 1 aromatic rings. The molecule has 1 saturated heterocycles. The molecule has 3 heteroatoms. The molecular formula is C12H17N3. The third-order valence-electron chi connectivity index (χ3n) is 3.59. The van der Waals surface area contributed by atoms with Crippen LogP contribution in [0, 0.1) is 0 Å². The molecular weight excluding hydrogens is 186 g/mol. The van der Waals surface area contributed by atoms with Gasteiger partial charge in [-0.3, -0.25) is 14.9 Å². The van der Waals surface area contributed by atoms with Crippen molar-refractivity contribution in [3.63, 3.8) is 0 Å². The maximum atomic E-state index is 4.54. The van der Waals surface area contributed by atoms with Gasteiger partial charge in [0, 0.05) is 12.4 Å².